The third-order valence-electron chi connectivity index (χ3n) is 3.53. The summed E-state index contributed by atoms with van der Waals surface area (Å²) in [4.78, 5) is 6.25. The Morgan fingerprint density at radius 1 is 1.43 bits per heavy atom. The Bertz CT molecular complexity index is 466. The van der Waals surface area contributed by atoms with Crippen molar-refractivity contribution < 1.29 is 9.13 Å². The van der Waals surface area contributed by atoms with E-state index in [9.17, 15) is 4.39 Å². The van der Waals surface area contributed by atoms with E-state index in [1.54, 1.807) is 25.2 Å². The average molecular weight is 407 g/mol. The van der Waals surface area contributed by atoms with Crippen LogP contribution in [0.4, 0.5) is 4.39 Å². The zero-order chi connectivity index (χ0) is 14.4. The van der Waals surface area contributed by atoms with Crippen LogP contribution in [0, 0.1) is 5.82 Å². The van der Waals surface area contributed by atoms with Crippen LogP contribution in [0.5, 0.6) is 5.75 Å². The lowest BCUT2D eigenvalue weighted by Gasteiger charge is -2.31. The zero-order valence-electron chi connectivity index (χ0n) is 12.5. The molecule has 0 heterocycles. The molecule has 1 aromatic carbocycles. The standard InChI is InChI=1S/C15H22FN3O.HI/c1-17-15(18-12-6-5-7-12)19(2)10-11-20-14-9-4-3-8-13(14)16;/h3-4,8-9,12H,5-7,10-11H2,1-2H3,(H,17,18);1H. The number of nitrogens with zero attached hydrogens (tertiary/aromatic N) is 2. The van der Waals surface area contributed by atoms with Crippen molar-refractivity contribution in [1.29, 1.82) is 0 Å². The summed E-state index contributed by atoms with van der Waals surface area (Å²) in [5.74, 6) is 0.835. The van der Waals surface area contributed by atoms with Gasteiger partial charge in [-0.3, -0.25) is 4.99 Å². The minimum atomic E-state index is -0.327. The van der Waals surface area contributed by atoms with Crippen LogP contribution in [0.25, 0.3) is 0 Å². The lowest BCUT2D eigenvalue weighted by atomic mass is 9.93. The molecule has 1 N–H and O–H groups in total. The van der Waals surface area contributed by atoms with Crippen molar-refractivity contribution in [3.8, 4) is 5.75 Å². The Morgan fingerprint density at radius 2 is 2.14 bits per heavy atom. The highest BCUT2D eigenvalue weighted by Crippen LogP contribution is 2.18. The molecule has 0 aliphatic heterocycles. The van der Waals surface area contributed by atoms with Crippen molar-refractivity contribution in [2.75, 3.05) is 27.2 Å². The topological polar surface area (TPSA) is 36.9 Å². The number of nitrogens with one attached hydrogen (secondary N) is 1. The first-order valence-electron chi connectivity index (χ1n) is 7.02. The van der Waals surface area contributed by atoms with Crippen LogP contribution in [0.2, 0.25) is 0 Å². The van der Waals surface area contributed by atoms with Crippen LogP contribution >= 0.6 is 24.0 Å². The summed E-state index contributed by atoms with van der Waals surface area (Å²) in [6.07, 6.45) is 3.70. The fourth-order valence-electron chi connectivity index (χ4n) is 2.04. The van der Waals surface area contributed by atoms with E-state index in [1.165, 1.54) is 25.3 Å². The third kappa shape index (κ3) is 5.33. The predicted molar refractivity (Wildman–Crippen MR) is 94.1 cm³/mol. The van der Waals surface area contributed by atoms with Crippen LogP contribution in [0.1, 0.15) is 19.3 Å². The van der Waals surface area contributed by atoms with Gasteiger partial charge in [0.05, 0.1) is 6.54 Å². The maximum atomic E-state index is 13.4. The Morgan fingerprint density at radius 3 is 2.71 bits per heavy atom. The van der Waals surface area contributed by atoms with Gasteiger partial charge in [0.1, 0.15) is 6.61 Å². The lowest BCUT2D eigenvalue weighted by molar-refractivity contribution is 0.266. The zero-order valence-corrected chi connectivity index (χ0v) is 14.8. The van der Waals surface area contributed by atoms with Gasteiger partial charge in [-0.25, -0.2) is 4.39 Å². The second-order valence-electron chi connectivity index (χ2n) is 5.02. The molecule has 0 bridgehead atoms. The fourth-order valence-corrected chi connectivity index (χ4v) is 2.04. The second kappa shape index (κ2) is 9.07. The van der Waals surface area contributed by atoms with Crippen LogP contribution in [0.15, 0.2) is 29.3 Å². The fraction of sp³-hybridized carbons (Fsp3) is 0.533. The van der Waals surface area contributed by atoms with Crippen LogP contribution < -0.4 is 10.1 Å². The molecular formula is C15H23FIN3O. The predicted octanol–water partition coefficient (Wildman–Crippen LogP) is 2.88. The van der Waals surface area contributed by atoms with Gasteiger partial charge in [0.25, 0.3) is 0 Å². The molecule has 1 aliphatic rings. The summed E-state index contributed by atoms with van der Waals surface area (Å²) < 4.78 is 18.8. The molecule has 0 atom stereocenters. The van der Waals surface area contributed by atoms with Crippen LogP contribution in [0.3, 0.4) is 0 Å². The summed E-state index contributed by atoms with van der Waals surface area (Å²) in [7, 11) is 3.73. The normalized spacial score (nSPS) is 14.9. The smallest absolute Gasteiger partial charge is 0.193 e. The van der Waals surface area contributed by atoms with E-state index >= 15 is 0 Å². The van der Waals surface area contributed by atoms with Crippen molar-refractivity contribution in [1.82, 2.24) is 10.2 Å². The minimum Gasteiger partial charge on any atom is -0.489 e. The van der Waals surface area contributed by atoms with Gasteiger partial charge in [0.15, 0.2) is 17.5 Å². The van der Waals surface area contributed by atoms with Crippen molar-refractivity contribution in [2.45, 2.75) is 25.3 Å². The van der Waals surface area contributed by atoms with Crippen molar-refractivity contribution in [3.05, 3.63) is 30.1 Å². The van der Waals surface area contributed by atoms with E-state index < -0.39 is 0 Å². The van der Waals surface area contributed by atoms with Crippen molar-refractivity contribution in [2.24, 2.45) is 4.99 Å². The highest BCUT2D eigenvalue weighted by Gasteiger charge is 2.19. The highest BCUT2D eigenvalue weighted by atomic mass is 127. The Balaban J connectivity index is 0.00000220. The van der Waals surface area contributed by atoms with Gasteiger partial charge in [-0.2, -0.15) is 0 Å². The maximum Gasteiger partial charge on any atom is 0.193 e. The number of halogens is 2. The van der Waals surface area contributed by atoms with Gasteiger partial charge in [0.2, 0.25) is 0 Å². The molecule has 2 rings (SSSR count). The van der Waals surface area contributed by atoms with E-state index in [0.717, 1.165) is 5.96 Å². The molecule has 0 amide bonds. The molecular weight excluding hydrogens is 384 g/mol. The molecule has 0 aromatic heterocycles. The monoisotopic (exact) mass is 407 g/mol. The highest BCUT2D eigenvalue weighted by molar-refractivity contribution is 14.0. The summed E-state index contributed by atoms with van der Waals surface area (Å²) in [6, 6.07) is 6.99. The number of likely N-dealkylation sites (N-methyl/N-ethyl adjacent to an activating group) is 1. The lowest BCUT2D eigenvalue weighted by Crippen LogP contribution is -2.47. The van der Waals surface area contributed by atoms with Crippen molar-refractivity contribution >= 4 is 29.9 Å². The first-order chi connectivity index (χ1) is 9.70. The van der Waals surface area contributed by atoms with Gasteiger partial charge in [-0.15, -0.1) is 24.0 Å². The van der Waals surface area contributed by atoms with E-state index in [-0.39, 0.29) is 29.8 Å². The molecule has 0 radical (unpaired) electrons. The van der Waals surface area contributed by atoms with E-state index in [0.29, 0.717) is 24.9 Å². The summed E-state index contributed by atoms with van der Waals surface area (Å²) in [5, 5.41) is 3.41. The Labute approximate surface area is 142 Å². The van der Waals surface area contributed by atoms with E-state index in [4.69, 9.17) is 4.74 Å². The number of hydrogen-bond donors (Lipinski definition) is 1. The summed E-state index contributed by atoms with van der Waals surface area (Å²) in [6.45, 7) is 1.07. The van der Waals surface area contributed by atoms with Crippen LogP contribution in [-0.4, -0.2) is 44.1 Å². The van der Waals surface area contributed by atoms with Gasteiger partial charge in [-0.1, -0.05) is 12.1 Å². The third-order valence-corrected chi connectivity index (χ3v) is 3.53. The van der Waals surface area contributed by atoms with Crippen molar-refractivity contribution in [3.63, 3.8) is 0 Å². The number of aliphatic imine (C=N–C) groups is 1. The molecule has 1 aliphatic carbocycles. The minimum absolute atomic E-state index is 0. The first kappa shape index (κ1) is 18.0. The SMILES string of the molecule is CN=C(NC1CCC1)N(C)CCOc1ccccc1F.I. The number of rotatable bonds is 5. The largest absolute Gasteiger partial charge is 0.489 e. The molecule has 6 heteroatoms. The van der Waals surface area contributed by atoms with Crippen LogP contribution in [-0.2, 0) is 0 Å². The van der Waals surface area contributed by atoms with Gasteiger partial charge >= 0.3 is 0 Å². The maximum absolute atomic E-state index is 13.4. The molecule has 0 unspecified atom stereocenters. The average Bonchev–Trinajstić information content (AvgIpc) is 2.40. The van der Waals surface area contributed by atoms with Gasteiger partial charge < -0.3 is 15.0 Å². The Kier molecular flexibility index (Phi) is 7.77. The number of hydrogen-bond acceptors (Lipinski definition) is 2. The number of ether oxygens (including phenoxy) is 1. The molecule has 1 fully saturated rings. The molecule has 4 nitrogen and oxygen atoms in total. The van der Waals surface area contributed by atoms with Gasteiger partial charge in [0, 0.05) is 20.1 Å². The summed E-state index contributed by atoms with van der Waals surface area (Å²) >= 11 is 0. The number of benzene rings is 1. The molecule has 21 heavy (non-hydrogen) atoms. The Hall–Kier alpha value is -1.05. The van der Waals surface area contributed by atoms with Gasteiger partial charge in [-0.05, 0) is 31.4 Å². The molecule has 1 aromatic rings. The number of para-hydroxylation sites is 1. The molecule has 118 valence electrons. The van der Waals surface area contributed by atoms with E-state index in [1.807, 2.05) is 11.9 Å². The first-order valence-corrected chi connectivity index (χ1v) is 7.02. The quantitative estimate of drug-likeness (QED) is 0.464. The second-order valence-corrected chi connectivity index (χ2v) is 5.02. The number of guanidine groups is 1. The summed E-state index contributed by atoms with van der Waals surface area (Å²) in [5.41, 5.74) is 0. The molecule has 0 spiro atoms. The molecule has 0 saturated heterocycles. The van der Waals surface area contributed by atoms with E-state index in [2.05, 4.69) is 10.3 Å². The molecule has 1 saturated carbocycles.